The highest BCUT2D eigenvalue weighted by Gasteiger charge is 2.52. The van der Waals surface area contributed by atoms with Gasteiger partial charge in [0.1, 0.15) is 5.54 Å². The highest BCUT2D eigenvalue weighted by molar-refractivity contribution is 6.07. The van der Waals surface area contributed by atoms with E-state index in [0.717, 1.165) is 12.8 Å². The molecule has 2 atom stereocenters. The molecule has 22 heavy (non-hydrogen) atoms. The minimum atomic E-state index is -0.890. The summed E-state index contributed by atoms with van der Waals surface area (Å²) in [6, 6.07) is -0.447. The molecule has 1 aliphatic carbocycles. The van der Waals surface area contributed by atoms with Crippen LogP contribution in [-0.4, -0.2) is 41.4 Å². The Morgan fingerprint density at radius 1 is 1.36 bits per heavy atom. The number of hydrogen-bond donors (Lipinski definition) is 2. The molecule has 1 saturated carbocycles. The zero-order valence-corrected chi connectivity index (χ0v) is 13.2. The molecule has 6 nitrogen and oxygen atoms in total. The van der Waals surface area contributed by atoms with Crippen LogP contribution in [0.15, 0.2) is 0 Å². The highest BCUT2D eigenvalue weighted by Crippen LogP contribution is 2.33. The minimum absolute atomic E-state index is 0.0541. The van der Waals surface area contributed by atoms with Crippen LogP contribution < -0.4 is 10.6 Å². The average molecular weight is 307 g/mol. The van der Waals surface area contributed by atoms with E-state index in [0.29, 0.717) is 25.4 Å². The number of carbonyl (C=O) groups excluding carboxylic acids is 3. The van der Waals surface area contributed by atoms with Crippen LogP contribution in [-0.2, 0) is 9.59 Å². The van der Waals surface area contributed by atoms with Gasteiger partial charge in [-0.25, -0.2) is 4.79 Å². The van der Waals surface area contributed by atoms with Gasteiger partial charge in [0.25, 0.3) is 5.91 Å². The van der Waals surface area contributed by atoms with E-state index < -0.39 is 11.6 Å². The molecule has 4 amide bonds. The van der Waals surface area contributed by atoms with E-state index in [2.05, 4.69) is 17.6 Å². The van der Waals surface area contributed by atoms with Gasteiger partial charge >= 0.3 is 6.03 Å². The van der Waals surface area contributed by atoms with Crippen LogP contribution in [0.5, 0.6) is 0 Å². The Morgan fingerprint density at radius 3 is 2.68 bits per heavy atom. The molecule has 3 rings (SSSR count). The first-order valence-corrected chi connectivity index (χ1v) is 8.46. The summed E-state index contributed by atoms with van der Waals surface area (Å²) in [7, 11) is 0. The summed E-state index contributed by atoms with van der Waals surface area (Å²) in [4.78, 5) is 37.9. The number of urea groups is 1. The number of nitrogens with one attached hydrogen (secondary N) is 2. The number of amides is 4. The summed E-state index contributed by atoms with van der Waals surface area (Å²) in [5, 5.41) is 4.98. The molecule has 0 aromatic carbocycles. The van der Waals surface area contributed by atoms with Crippen molar-refractivity contribution in [2.45, 2.75) is 57.4 Å². The van der Waals surface area contributed by atoms with Crippen molar-refractivity contribution in [2.24, 2.45) is 11.8 Å². The number of hydrogen-bond acceptors (Lipinski definition) is 3. The van der Waals surface area contributed by atoms with Crippen molar-refractivity contribution in [1.82, 2.24) is 15.5 Å². The Balaban J connectivity index is 1.62. The Labute approximate surface area is 131 Å². The molecular formula is C16H25N3O3. The Morgan fingerprint density at radius 2 is 2.09 bits per heavy atom. The second kappa shape index (κ2) is 5.89. The van der Waals surface area contributed by atoms with E-state index in [4.69, 9.17) is 0 Å². The molecule has 0 unspecified atom stereocenters. The lowest BCUT2D eigenvalue weighted by Crippen LogP contribution is -2.50. The molecule has 3 fully saturated rings. The van der Waals surface area contributed by atoms with Crippen molar-refractivity contribution in [1.29, 1.82) is 0 Å². The third kappa shape index (κ3) is 2.71. The van der Waals surface area contributed by atoms with Crippen LogP contribution in [0.2, 0.25) is 0 Å². The second-order valence-corrected chi connectivity index (χ2v) is 6.99. The van der Waals surface area contributed by atoms with E-state index in [1.165, 1.54) is 25.7 Å². The summed E-state index contributed by atoms with van der Waals surface area (Å²) < 4.78 is 0. The van der Waals surface area contributed by atoms with Crippen LogP contribution >= 0.6 is 0 Å². The first-order valence-electron chi connectivity index (χ1n) is 8.46. The van der Waals surface area contributed by atoms with Crippen LogP contribution in [0, 0.1) is 11.8 Å². The molecule has 2 saturated heterocycles. The highest BCUT2D eigenvalue weighted by atomic mass is 16.2. The molecule has 1 spiro atoms. The predicted molar refractivity (Wildman–Crippen MR) is 81.0 cm³/mol. The maximum atomic E-state index is 12.8. The van der Waals surface area contributed by atoms with Gasteiger partial charge < -0.3 is 10.2 Å². The van der Waals surface area contributed by atoms with Crippen molar-refractivity contribution in [3.8, 4) is 0 Å². The van der Waals surface area contributed by atoms with Crippen LogP contribution in [0.3, 0.4) is 0 Å². The lowest BCUT2D eigenvalue weighted by Gasteiger charge is -2.26. The number of carbonyl (C=O) groups is 3. The summed E-state index contributed by atoms with van der Waals surface area (Å²) >= 11 is 0. The molecule has 6 heteroatoms. The van der Waals surface area contributed by atoms with E-state index in [-0.39, 0.29) is 17.7 Å². The van der Waals surface area contributed by atoms with Crippen molar-refractivity contribution >= 4 is 17.8 Å². The van der Waals surface area contributed by atoms with Gasteiger partial charge in [-0.2, -0.15) is 0 Å². The van der Waals surface area contributed by atoms with Gasteiger partial charge in [0.15, 0.2) is 0 Å². The SMILES string of the molecule is CC[C@@H](CC1CCCC1)C(=O)N1CC[C@@]2(C1)NC(=O)NC2=O. The van der Waals surface area contributed by atoms with Gasteiger partial charge in [0.2, 0.25) is 5.91 Å². The second-order valence-electron chi connectivity index (χ2n) is 6.99. The first kappa shape index (κ1) is 15.3. The van der Waals surface area contributed by atoms with Crippen molar-refractivity contribution in [3.63, 3.8) is 0 Å². The first-order chi connectivity index (χ1) is 10.5. The number of imide groups is 1. The van der Waals surface area contributed by atoms with Gasteiger partial charge in [-0.15, -0.1) is 0 Å². The summed E-state index contributed by atoms with van der Waals surface area (Å²) in [6.07, 6.45) is 7.38. The monoisotopic (exact) mass is 307 g/mol. The van der Waals surface area contributed by atoms with Gasteiger partial charge in [0, 0.05) is 12.5 Å². The normalized spacial score (nSPS) is 30.0. The fraction of sp³-hybridized carbons (Fsp3) is 0.812. The Kier molecular flexibility index (Phi) is 4.10. The van der Waals surface area contributed by atoms with Gasteiger partial charge in [-0.1, -0.05) is 32.6 Å². The van der Waals surface area contributed by atoms with Gasteiger partial charge in [0.05, 0.1) is 6.54 Å². The summed E-state index contributed by atoms with van der Waals surface area (Å²) in [5.41, 5.74) is -0.890. The van der Waals surface area contributed by atoms with E-state index in [9.17, 15) is 14.4 Å². The quantitative estimate of drug-likeness (QED) is 0.771. The third-order valence-electron chi connectivity index (χ3n) is 5.53. The van der Waals surface area contributed by atoms with E-state index >= 15 is 0 Å². The molecule has 3 aliphatic rings. The Bertz CT molecular complexity index is 487. The molecule has 2 heterocycles. The van der Waals surface area contributed by atoms with E-state index in [1.54, 1.807) is 4.90 Å². The molecule has 0 radical (unpaired) electrons. The number of likely N-dealkylation sites (tertiary alicyclic amines) is 1. The zero-order chi connectivity index (χ0) is 15.7. The average Bonchev–Trinajstić information content (AvgIpc) is 3.19. The lowest BCUT2D eigenvalue weighted by atomic mass is 9.90. The van der Waals surface area contributed by atoms with Gasteiger partial charge in [-0.3, -0.25) is 14.9 Å². The van der Waals surface area contributed by atoms with Crippen molar-refractivity contribution < 1.29 is 14.4 Å². The predicted octanol–water partition coefficient (Wildman–Crippen LogP) is 1.40. The summed E-state index contributed by atoms with van der Waals surface area (Å²) in [5.74, 6) is 0.593. The molecule has 0 aromatic heterocycles. The van der Waals surface area contributed by atoms with Crippen LogP contribution in [0.4, 0.5) is 4.79 Å². The smallest absolute Gasteiger partial charge is 0.322 e. The Hall–Kier alpha value is -1.59. The maximum absolute atomic E-state index is 12.8. The molecule has 2 N–H and O–H groups in total. The maximum Gasteiger partial charge on any atom is 0.322 e. The standard InChI is InChI=1S/C16H25N3O3/c1-2-12(9-11-5-3-4-6-11)13(20)19-8-7-16(10-19)14(21)17-15(22)18-16/h11-12H,2-10H2,1H3,(H2,17,18,21,22)/t12-,16-/m0/s1. The zero-order valence-electron chi connectivity index (χ0n) is 13.2. The molecule has 122 valence electrons. The van der Waals surface area contributed by atoms with Crippen molar-refractivity contribution in [2.75, 3.05) is 13.1 Å². The van der Waals surface area contributed by atoms with Crippen LogP contribution in [0.1, 0.15) is 51.9 Å². The van der Waals surface area contributed by atoms with E-state index in [1.807, 2.05) is 0 Å². The van der Waals surface area contributed by atoms with Gasteiger partial charge in [-0.05, 0) is 25.2 Å². The molecule has 2 aliphatic heterocycles. The molecule has 0 aromatic rings. The fourth-order valence-corrected chi connectivity index (χ4v) is 4.16. The summed E-state index contributed by atoms with van der Waals surface area (Å²) in [6.45, 7) is 2.92. The largest absolute Gasteiger partial charge is 0.339 e. The van der Waals surface area contributed by atoms with Crippen LogP contribution in [0.25, 0.3) is 0 Å². The molecular weight excluding hydrogens is 282 g/mol. The third-order valence-corrected chi connectivity index (χ3v) is 5.53. The number of nitrogens with zero attached hydrogens (tertiary/aromatic N) is 1. The topological polar surface area (TPSA) is 78.5 Å². The molecule has 0 bridgehead atoms. The fourth-order valence-electron chi connectivity index (χ4n) is 4.16. The number of rotatable bonds is 4. The minimum Gasteiger partial charge on any atom is -0.339 e. The lowest BCUT2D eigenvalue weighted by molar-refractivity contribution is -0.135. The van der Waals surface area contributed by atoms with Crippen molar-refractivity contribution in [3.05, 3.63) is 0 Å².